The van der Waals surface area contributed by atoms with Crippen LogP contribution in [0.4, 0.5) is 15.8 Å². The quantitative estimate of drug-likeness (QED) is 0.124. The van der Waals surface area contributed by atoms with Gasteiger partial charge in [-0.2, -0.15) is 0 Å². The maximum atomic E-state index is 13.8. The third-order valence-corrected chi connectivity index (χ3v) is 6.84. The van der Waals surface area contributed by atoms with E-state index in [1.165, 1.54) is 28.0 Å². The van der Waals surface area contributed by atoms with E-state index >= 15 is 0 Å². The zero-order valence-corrected chi connectivity index (χ0v) is 23.5. The lowest BCUT2D eigenvalue weighted by atomic mass is 10.0. The van der Waals surface area contributed by atoms with E-state index in [0.29, 0.717) is 34.9 Å². The minimum Gasteiger partial charge on any atom is -0.490 e. The van der Waals surface area contributed by atoms with Crippen molar-refractivity contribution in [2.75, 3.05) is 16.4 Å². The second-order valence-electron chi connectivity index (χ2n) is 8.97. The standard InChI is InChI=1S/C32H24ClFN2O4S/c1-2-39-28-19-22(18-27(33)29(28)40-20-21-10-9-11-23(34)16-21)17-26-30(37)35(24-12-5-3-6-13-24)32(41)36(31(26)38)25-14-7-4-8-15-25/h3-19H,2,20H2,1H3. The lowest BCUT2D eigenvalue weighted by molar-refractivity contribution is -0.120. The van der Waals surface area contributed by atoms with Crippen LogP contribution in [0, 0.1) is 5.82 Å². The van der Waals surface area contributed by atoms with E-state index in [0.717, 1.165) is 0 Å². The Morgan fingerprint density at radius 3 is 2.00 bits per heavy atom. The highest BCUT2D eigenvalue weighted by Crippen LogP contribution is 2.38. The van der Waals surface area contributed by atoms with E-state index in [1.807, 2.05) is 12.1 Å². The second-order valence-corrected chi connectivity index (χ2v) is 9.75. The Balaban J connectivity index is 1.55. The molecule has 1 fully saturated rings. The number of ether oxygens (including phenoxy) is 2. The molecule has 0 bridgehead atoms. The summed E-state index contributed by atoms with van der Waals surface area (Å²) in [5, 5.41) is 0.244. The molecule has 0 aromatic heterocycles. The van der Waals surface area contributed by atoms with Crippen LogP contribution in [0.1, 0.15) is 18.1 Å². The van der Waals surface area contributed by atoms with Gasteiger partial charge in [-0.15, -0.1) is 0 Å². The summed E-state index contributed by atoms with van der Waals surface area (Å²) in [6.07, 6.45) is 1.46. The second kappa shape index (κ2) is 12.3. The van der Waals surface area contributed by atoms with Crippen molar-refractivity contribution in [3.63, 3.8) is 0 Å². The van der Waals surface area contributed by atoms with Crippen molar-refractivity contribution in [1.82, 2.24) is 0 Å². The smallest absolute Gasteiger partial charge is 0.270 e. The monoisotopic (exact) mass is 586 g/mol. The number of hydrogen-bond acceptors (Lipinski definition) is 5. The molecule has 4 aromatic carbocycles. The zero-order valence-electron chi connectivity index (χ0n) is 21.9. The molecule has 1 saturated heterocycles. The Hall–Kier alpha value is -4.53. The largest absolute Gasteiger partial charge is 0.490 e. The van der Waals surface area contributed by atoms with E-state index in [1.54, 1.807) is 79.7 Å². The minimum atomic E-state index is -0.570. The van der Waals surface area contributed by atoms with E-state index in [-0.39, 0.29) is 33.9 Å². The highest BCUT2D eigenvalue weighted by molar-refractivity contribution is 7.81. The van der Waals surface area contributed by atoms with Crippen molar-refractivity contribution in [1.29, 1.82) is 0 Å². The first-order valence-electron chi connectivity index (χ1n) is 12.8. The molecule has 0 saturated carbocycles. The number of anilines is 2. The van der Waals surface area contributed by atoms with Gasteiger partial charge >= 0.3 is 0 Å². The summed E-state index contributed by atoms with van der Waals surface area (Å²) in [5.74, 6) is -0.939. The molecule has 1 aliphatic rings. The molecule has 1 heterocycles. The summed E-state index contributed by atoms with van der Waals surface area (Å²) in [4.78, 5) is 30.2. The molecule has 2 amide bonds. The maximum Gasteiger partial charge on any atom is 0.270 e. The first-order chi connectivity index (χ1) is 19.9. The van der Waals surface area contributed by atoms with Crippen molar-refractivity contribution in [3.8, 4) is 11.5 Å². The van der Waals surface area contributed by atoms with Crippen LogP contribution in [0.15, 0.2) is 103 Å². The van der Waals surface area contributed by atoms with Crippen molar-refractivity contribution in [3.05, 3.63) is 125 Å². The number of nitrogens with zero attached hydrogens (tertiary/aromatic N) is 2. The average Bonchev–Trinajstić information content (AvgIpc) is 2.96. The molecule has 1 aliphatic heterocycles. The van der Waals surface area contributed by atoms with E-state index in [4.69, 9.17) is 33.3 Å². The number of para-hydroxylation sites is 2. The van der Waals surface area contributed by atoms with E-state index < -0.39 is 11.8 Å². The number of benzene rings is 4. The summed E-state index contributed by atoms with van der Waals surface area (Å²) in [6, 6.07) is 27.0. The molecule has 5 rings (SSSR count). The van der Waals surface area contributed by atoms with Crippen molar-refractivity contribution >= 4 is 58.2 Å². The molecule has 6 nitrogen and oxygen atoms in total. The zero-order chi connectivity index (χ0) is 28.9. The van der Waals surface area contributed by atoms with Crippen LogP contribution in [0.2, 0.25) is 5.02 Å². The third kappa shape index (κ3) is 5.99. The van der Waals surface area contributed by atoms with Gasteiger partial charge in [0.05, 0.1) is 23.0 Å². The van der Waals surface area contributed by atoms with E-state index in [9.17, 15) is 14.0 Å². The maximum absolute atomic E-state index is 13.8. The normalized spacial score (nSPS) is 13.4. The van der Waals surface area contributed by atoms with Crippen LogP contribution in [0.5, 0.6) is 11.5 Å². The van der Waals surface area contributed by atoms with Gasteiger partial charge in [-0.05, 0) is 84.9 Å². The summed E-state index contributed by atoms with van der Waals surface area (Å²) < 4.78 is 25.3. The van der Waals surface area contributed by atoms with Gasteiger partial charge in [0.25, 0.3) is 11.8 Å². The van der Waals surface area contributed by atoms with Crippen LogP contribution in [0.25, 0.3) is 6.08 Å². The van der Waals surface area contributed by atoms with Gasteiger partial charge in [0.15, 0.2) is 16.6 Å². The SMILES string of the molecule is CCOc1cc(C=C2C(=O)N(c3ccccc3)C(=S)N(c3ccccc3)C2=O)cc(Cl)c1OCc1cccc(F)c1. The lowest BCUT2D eigenvalue weighted by Gasteiger charge is -2.36. The minimum absolute atomic E-state index is 0.0451. The van der Waals surface area contributed by atoms with Crippen LogP contribution in [-0.2, 0) is 16.2 Å². The number of carbonyl (C=O) groups is 2. The molecule has 0 aliphatic carbocycles. The molecule has 9 heteroatoms. The van der Waals surface area contributed by atoms with Crippen LogP contribution in [0.3, 0.4) is 0 Å². The van der Waals surface area contributed by atoms with Gasteiger partial charge in [0.1, 0.15) is 18.0 Å². The summed E-state index contributed by atoms with van der Waals surface area (Å²) in [6.45, 7) is 2.17. The molecular weight excluding hydrogens is 563 g/mol. The van der Waals surface area contributed by atoms with Gasteiger partial charge in [-0.25, -0.2) is 4.39 Å². The summed E-state index contributed by atoms with van der Waals surface area (Å²) in [7, 11) is 0. The molecule has 0 N–H and O–H groups in total. The number of rotatable bonds is 8. The van der Waals surface area contributed by atoms with Crippen LogP contribution < -0.4 is 19.3 Å². The molecule has 41 heavy (non-hydrogen) atoms. The fourth-order valence-electron chi connectivity index (χ4n) is 4.36. The van der Waals surface area contributed by atoms with E-state index in [2.05, 4.69) is 0 Å². The highest BCUT2D eigenvalue weighted by Gasteiger charge is 2.41. The Morgan fingerprint density at radius 2 is 1.44 bits per heavy atom. The average molecular weight is 587 g/mol. The Morgan fingerprint density at radius 1 is 0.829 bits per heavy atom. The molecule has 0 atom stereocenters. The summed E-state index contributed by atoms with van der Waals surface area (Å²) >= 11 is 12.3. The molecule has 0 unspecified atom stereocenters. The first-order valence-corrected chi connectivity index (χ1v) is 13.5. The van der Waals surface area contributed by atoms with Crippen molar-refractivity contribution in [2.45, 2.75) is 13.5 Å². The number of thiocarbonyl (C=S) groups is 1. The Kier molecular flexibility index (Phi) is 8.42. The number of amides is 2. The van der Waals surface area contributed by atoms with Crippen molar-refractivity contribution in [2.24, 2.45) is 0 Å². The van der Waals surface area contributed by atoms with Gasteiger partial charge < -0.3 is 9.47 Å². The lowest BCUT2D eigenvalue weighted by Crippen LogP contribution is -2.56. The van der Waals surface area contributed by atoms with Crippen molar-refractivity contribution < 1.29 is 23.5 Å². The number of carbonyl (C=O) groups excluding carboxylic acids is 2. The van der Waals surface area contributed by atoms with Gasteiger partial charge in [-0.3, -0.25) is 19.4 Å². The molecular formula is C32H24ClFN2O4S. The fraction of sp³-hybridized carbons (Fsp3) is 0.0938. The fourth-order valence-corrected chi connectivity index (χ4v) is 5.01. The molecule has 0 radical (unpaired) electrons. The Bertz CT molecular complexity index is 1580. The molecule has 206 valence electrons. The Labute approximate surface area is 247 Å². The highest BCUT2D eigenvalue weighted by atomic mass is 35.5. The summed E-state index contributed by atoms with van der Waals surface area (Å²) in [5.41, 5.74) is 2.00. The van der Waals surface area contributed by atoms with Gasteiger partial charge in [0, 0.05) is 0 Å². The predicted octanol–water partition coefficient (Wildman–Crippen LogP) is 7.21. The predicted molar refractivity (Wildman–Crippen MR) is 162 cm³/mol. The topological polar surface area (TPSA) is 59.1 Å². The third-order valence-electron chi connectivity index (χ3n) is 6.19. The molecule has 0 spiro atoms. The number of halogens is 2. The van der Waals surface area contributed by atoms with Gasteiger partial charge in [-0.1, -0.05) is 60.1 Å². The number of hydrogen-bond donors (Lipinski definition) is 0. The van der Waals surface area contributed by atoms with Crippen LogP contribution >= 0.6 is 23.8 Å². The first kappa shape index (κ1) is 28.0. The van der Waals surface area contributed by atoms with Crippen LogP contribution in [-0.4, -0.2) is 23.5 Å². The van der Waals surface area contributed by atoms with Gasteiger partial charge in [0.2, 0.25) is 0 Å². The molecule has 4 aromatic rings.